The molecule has 0 saturated carbocycles. The number of aromatic nitrogens is 2. The van der Waals surface area contributed by atoms with Gasteiger partial charge in [0.25, 0.3) is 0 Å². The lowest BCUT2D eigenvalue weighted by molar-refractivity contribution is -0.179. The van der Waals surface area contributed by atoms with E-state index in [0.29, 0.717) is 24.5 Å². The summed E-state index contributed by atoms with van der Waals surface area (Å²) in [6.07, 6.45) is -4.25. The summed E-state index contributed by atoms with van der Waals surface area (Å²) in [7, 11) is 5.16. The summed E-state index contributed by atoms with van der Waals surface area (Å²) >= 11 is 0. The second-order valence-electron chi connectivity index (χ2n) is 4.77. The molecule has 122 valence electrons. The Morgan fingerprint density at radius 2 is 2.10 bits per heavy atom. The van der Waals surface area contributed by atoms with Crippen LogP contribution in [0.3, 0.4) is 0 Å². The molecule has 6 nitrogen and oxygen atoms in total. The number of methoxy groups -OCH3 is 1. The van der Waals surface area contributed by atoms with Crippen LogP contribution in [0.15, 0.2) is 6.20 Å². The molecule has 0 radical (unpaired) electrons. The number of nitrogens with zero attached hydrogens (tertiary/aromatic N) is 3. The molecule has 9 heteroatoms. The lowest BCUT2D eigenvalue weighted by Crippen LogP contribution is -2.23. The average Bonchev–Trinajstić information content (AvgIpc) is 2.77. The third kappa shape index (κ3) is 5.90. The maximum Gasteiger partial charge on any atom is 0.411 e. The largest absolute Gasteiger partial charge is 0.493 e. The number of aliphatic hydroxyl groups is 1. The van der Waals surface area contributed by atoms with E-state index < -0.39 is 25.5 Å². The molecule has 1 heterocycles. The zero-order valence-corrected chi connectivity index (χ0v) is 12.2. The fourth-order valence-electron chi connectivity index (χ4n) is 1.71. The molecule has 0 aliphatic carbocycles. The topological polar surface area (TPSA) is 59.8 Å². The zero-order valence-electron chi connectivity index (χ0n) is 12.2. The Balaban J connectivity index is 2.71. The molecule has 0 saturated heterocycles. The van der Waals surface area contributed by atoms with E-state index in [0.717, 1.165) is 0 Å². The van der Waals surface area contributed by atoms with Gasteiger partial charge in [-0.05, 0) is 14.1 Å². The molecule has 0 amide bonds. The predicted molar refractivity (Wildman–Crippen MR) is 69.2 cm³/mol. The highest BCUT2D eigenvalue weighted by Crippen LogP contribution is 2.25. The van der Waals surface area contributed by atoms with Crippen LogP contribution in [0.2, 0.25) is 0 Å². The van der Waals surface area contributed by atoms with Crippen LogP contribution in [0.1, 0.15) is 11.8 Å². The molecular formula is C12H20F3N3O3. The van der Waals surface area contributed by atoms with Gasteiger partial charge in [-0.3, -0.25) is 4.68 Å². The van der Waals surface area contributed by atoms with Crippen molar-refractivity contribution in [2.45, 2.75) is 18.8 Å². The van der Waals surface area contributed by atoms with Gasteiger partial charge in [0.05, 0.1) is 26.5 Å². The van der Waals surface area contributed by atoms with Crippen LogP contribution in [0.25, 0.3) is 0 Å². The summed E-state index contributed by atoms with van der Waals surface area (Å²) in [5.41, 5.74) is 0.307. The molecule has 0 fully saturated rings. The van der Waals surface area contributed by atoms with E-state index in [2.05, 4.69) is 9.84 Å². The zero-order chi connectivity index (χ0) is 16.0. The van der Waals surface area contributed by atoms with Gasteiger partial charge in [-0.1, -0.05) is 0 Å². The fourth-order valence-corrected chi connectivity index (χ4v) is 1.71. The van der Waals surface area contributed by atoms with Gasteiger partial charge in [-0.25, -0.2) is 0 Å². The van der Waals surface area contributed by atoms with Crippen LogP contribution in [0.5, 0.6) is 5.75 Å². The fraction of sp³-hybridized carbons (Fsp3) is 0.750. The van der Waals surface area contributed by atoms with E-state index in [4.69, 9.17) is 4.74 Å². The number of halogens is 3. The smallest absolute Gasteiger partial charge is 0.411 e. The van der Waals surface area contributed by atoms with Crippen LogP contribution >= 0.6 is 0 Å². The number of ether oxygens (including phenoxy) is 2. The van der Waals surface area contributed by atoms with Crippen molar-refractivity contribution in [2.24, 2.45) is 0 Å². The van der Waals surface area contributed by atoms with E-state index in [1.165, 1.54) is 18.0 Å². The van der Waals surface area contributed by atoms with Crippen molar-refractivity contribution in [1.29, 1.82) is 0 Å². The average molecular weight is 311 g/mol. The molecular weight excluding hydrogens is 291 g/mol. The molecule has 1 aromatic rings. The van der Waals surface area contributed by atoms with Crippen LogP contribution < -0.4 is 4.74 Å². The van der Waals surface area contributed by atoms with Gasteiger partial charge in [-0.15, -0.1) is 0 Å². The van der Waals surface area contributed by atoms with Crippen LogP contribution in [0.4, 0.5) is 13.2 Å². The second kappa shape index (κ2) is 7.62. The third-order valence-corrected chi connectivity index (χ3v) is 2.68. The van der Waals surface area contributed by atoms with E-state index in [1.54, 1.807) is 0 Å². The summed E-state index contributed by atoms with van der Waals surface area (Å²) in [5.74, 6) is 0.317. The number of rotatable bonds is 8. The second-order valence-corrected chi connectivity index (χ2v) is 4.77. The molecule has 21 heavy (non-hydrogen) atoms. The van der Waals surface area contributed by atoms with Crippen molar-refractivity contribution in [3.63, 3.8) is 0 Å². The first-order valence-corrected chi connectivity index (χ1v) is 6.31. The molecule has 1 aromatic heterocycles. The Hall–Kier alpha value is -1.32. The standard InChI is InChI=1S/C12H20F3N3O3/c1-17(2)4-5-18-11(10(20-3)6-16-18)9(19)7-21-8-12(13,14)15/h6,9,19H,4-5,7-8H2,1-3H3. The minimum atomic E-state index is -4.42. The molecule has 1 unspecified atom stereocenters. The van der Waals surface area contributed by atoms with Gasteiger partial charge in [0, 0.05) is 6.54 Å². The van der Waals surface area contributed by atoms with Crippen LogP contribution in [0, 0.1) is 0 Å². The molecule has 0 aromatic carbocycles. The van der Waals surface area contributed by atoms with Gasteiger partial charge in [0.15, 0.2) is 5.75 Å². The molecule has 1 rings (SSSR count). The van der Waals surface area contributed by atoms with Crippen LogP contribution in [-0.2, 0) is 11.3 Å². The SMILES string of the molecule is COc1cnn(CCN(C)C)c1C(O)COCC(F)(F)F. The minimum absolute atomic E-state index is 0.307. The molecule has 0 aliphatic heterocycles. The Morgan fingerprint density at radius 3 is 2.62 bits per heavy atom. The number of alkyl halides is 3. The minimum Gasteiger partial charge on any atom is -0.493 e. The maximum absolute atomic E-state index is 12.0. The first kappa shape index (κ1) is 17.7. The Bertz CT molecular complexity index is 435. The summed E-state index contributed by atoms with van der Waals surface area (Å²) in [4.78, 5) is 1.92. The highest BCUT2D eigenvalue weighted by Gasteiger charge is 2.29. The summed E-state index contributed by atoms with van der Waals surface area (Å²) < 4.78 is 47.1. The monoisotopic (exact) mass is 311 g/mol. The van der Waals surface area contributed by atoms with Crippen LogP contribution in [-0.4, -0.2) is 66.9 Å². The molecule has 0 aliphatic rings. The molecule has 0 spiro atoms. The maximum atomic E-state index is 12.0. The van der Waals surface area contributed by atoms with E-state index in [9.17, 15) is 18.3 Å². The lowest BCUT2D eigenvalue weighted by atomic mass is 10.2. The van der Waals surface area contributed by atoms with Gasteiger partial charge in [0.1, 0.15) is 18.4 Å². The number of likely N-dealkylation sites (N-methyl/N-ethyl adjacent to an activating group) is 1. The van der Waals surface area contributed by atoms with Crippen molar-refractivity contribution < 1.29 is 27.8 Å². The Morgan fingerprint density at radius 1 is 1.43 bits per heavy atom. The number of aliphatic hydroxyl groups excluding tert-OH is 1. The number of hydrogen-bond donors (Lipinski definition) is 1. The van der Waals surface area contributed by atoms with Gasteiger partial charge >= 0.3 is 6.18 Å². The van der Waals surface area contributed by atoms with Crippen molar-refractivity contribution in [3.8, 4) is 5.75 Å². The molecule has 1 atom stereocenters. The highest BCUT2D eigenvalue weighted by molar-refractivity contribution is 5.27. The van der Waals surface area contributed by atoms with Crippen molar-refractivity contribution in [2.75, 3.05) is 41.0 Å². The first-order valence-electron chi connectivity index (χ1n) is 6.31. The van der Waals surface area contributed by atoms with Crippen molar-refractivity contribution >= 4 is 0 Å². The van der Waals surface area contributed by atoms with Gasteiger partial charge in [0.2, 0.25) is 0 Å². The summed E-state index contributed by atoms with van der Waals surface area (Å²) in [5, 5.41) is 14.1. The number of hydrogen-bond acceptors (Lipinski definition) is 5. The Kier molecular flexibility index (Phi) is 6.43. The first-order chi connectivity index (χ1) is 9.74. The van der Waals surface area contributed by atoms with Gasteiger partial charge in [-0.2, -0.15) is 18.3 Å². The molecule has 1 N–H and O–H groups in total. The highest BCUT2D eigenvalue weighted by atomic mass is 19.4. The quantitative estimate of drug-likeness (QED) is 0.778. The van der Waals surface area contributed by atoms with E-state index in [-0.39, 0.29) is 0 Å². The van der Waals surface area contributed by atoms with Crippen molar-refractivity contribution in [3.05, 3.63) is 11.9 Å². The van der Waals surface area contributed by atoms with E-state index in [1.807, 2.05) is 19.0 Å². The molecule has 0 bridgehead atoms. The summed E-state index contributed by atoms with van der Waals surface area (Å²) in [6, 6.07) is 0. The third-order valence-electron chi connectivity index (χ3n) is 2.68. The normalized spacial score (nSPS) is 13.7. The summed E-state index contributed by atoms with van der Waals surface area (Å²) in [6.45, 7) is -0.752. The van der Waals surface area contributed by atoms with E-state index >= 15 is 0 Å². The lowest BCUT2D eigenvalue weighted by Gasteiger charge is -2.17. The Labute approximate surface area is 121 Å². The van der Waals surface area contributed by atoms with Gasteiger partial charge < -0.3 is 19.5 Å². The van der Waals surface area contributed by atoms with Crippen molar-refractivity contribution in [1.82, 2.24) is 14.7 Å². The predicted octanol–water partition coefficient (Wildman–Crippen LogP) is 1.07.